The first-order valence-electron chi connectivity index (χ1n) is 10.3. The van der Waals surface area contributed by atoms with Gasteiger partial charge in [0.25, 0.3) is 4.21 Å². The topological polar surface area (TPSA) is 109 Å². The van der Waals surface area contributed by atoms with Crippen LogP contribution >= 0.6 is 11.3 Å². The fourth-order valence-corrected chi connectivity index (χ4v) is 6.63. The average Bonchev–Trinajstić information content (AvgIpc) is 3.17. The Morgan fingerprint density at radius 3 is 2.61 bits per heavy atom. The van der Waals surface area contributed by atoms with Crippen LogP contribution in [0.15, 0.2) is 57.9 Å². The van der Waals surface area contributed by atoms with E-state index in [4.69, 9.17) is 25.4 Å². The van der Waals surface area contributed by atoms with Crippen molar-refractivity contribution < 1.29 is 8.92 Å². The molecule has 7 nitrogen and oxygen atoms in total. The Balaban J connectivity index is 1.95. The van der Waals surface area contributed by atoms with Crippen LogP contribution in [0.1, 0.15) is 5.56 Å². The zero-order chi connectivity index (χ0) is 23.4. The second-order valence-electron chi connectivity index (χ2n) is 7.20. The van der Waals surface area contributed by atoms with Crippen LogP contribution in [0, 0.1) is 0 Å². The van der Waals surface area contributed by atoms with Crippen molar-refractivity contribution in [3.05, 3.63) is 54.2 Å². The highest BCUT2D eigenvalue weighted by atomic mass is 32.2. The number of pyridine rings is 2. The highest BCUT2D eigenvalue weighted by molar-refractivity contribution is 7.94. The van der Waals surface area contributed by atoms with Crippen LogP contribution in [-0.4, -0.2) is 49.8 Å². The van der Waals surface area contributed by atoms with Gasteiger partial charge in [-0.25, -0.2) is 9.97 Å². The van der Waals surface area contributed by atoms with E-state index in [0.717, 1.165) is 48.1 Å². The number of nitrogens with two attached hydrogens (primary N) is 2. The molecule has 170 valence electrons. The number of nitrogen functional groups attached to an aromatic ring is 2. The van der Waals surface area contributed by atoms with Gasteiger partial charge in [0.2, 0.25) is 0 Å². The van der Waals surface area contributed by atoms with E-state index >= 15 is 0 Å². The van der Waals surface area contributed by atoms with Crippen LogP contribution in [0.25, 0.3) is 32.6 Å². The number of hydrogen-bond donors (Lipinski definition) is 2. The summed E-state index contributed by atoms with van der Waals surface area (Å²) in [5.41, 5.74) is 17.9. The summed E-state index contributed by atoms with van der Waals surface area (Å²) in [6.45, 7) is 0.591. The lowest BCUT2D eigenvalue weighted by Crippen LogP contribution is -2.14. The van der Waals surface area contributed by atoms with Crippen LogP contribution in [-0.2, 0) is 20.1 Å². The zero-order valence-electron chi connectivity index (χ0n) is 18.7. The molecule has 1 unspecified atom stereocenters. The van der Waals surface area contributed by atoms with Gasteiger partial charge in [0.1, 0.15) is 16.3 Å². The number of thiophene rings is 1. The smallest absolute Gasteiger partial charge is 0.269 e. The van der Waals surface area contributed by atoms with E-state index in [1.54, 1.807) is 45.0 Å². The molecule has 0 bridgehead atoms. The van der Waals surface area contributed by atoms with Gasteiger partial charge in [-0.2, -0.15) is 4.18 Å². The lowest BCUT2D eigenvalue weighted by atomic mass is 10.00. The van der Waals surface area contributed by atoms with Gasteiger partial charge in [-0.3, -0.25) is 4.99 Å². The number of aliphatic imine (C=N–C) groups is 1. The Bertz CT molecular complexity index is 1290. The molecule has 3 aromatic heterocycles. The quantitative estimate of drug-likeness (QED) is 0.285. The summed E-state index contributed by atoms with van der Waals surface area (Å²) in [5, 5.41) is 0.940. The average molecular weight is 481 g/mol. The van der Waals surface area contributed by atoms with E-state index in [9.17, 15) is 0 Å². The predicted molar refractivity (Wildman–Crippen MR) is 140 cm³/mol. The number of aromatic nitrogens is 2. The van der Waals surface area contributed by atoms with E-state index in [0.29, 0.717) is 18.1 Å². The molecule has 4 N–H and O–H groups in total. The number of ether oxygens (including phenoxy) is 1. The number of methoxy groups -OCH3 is 1. The van der Waals surface area contributed by atoms with Gasteiger partial charge in [-0.1, -0.05) is 41.7 Å². The Morgan fingerprint density at radius 1 is 1.12 bits per heavy atom. The lowest BCUT2D eigenvalue weighted by Gasteiger charge is -2.09. The van der Waals surface area contributed by atoms with Crippen molar-refractivity contribution in [3.63, 3.8) is 0 Å². The third-order valence-corrected chi connectivity index (χ3v) is 8.42. The number of fused-ring (bicyclic) bond motifs is 1. The minimum atomic E-state index is -0.482. The minimum Gasteiger partial charge on any atom is -0.393 e. The Kier molecular flexibility index (Phi) is 7.24. The first-order chi connectivity index (χ1) is 16.1. The number of nitrogens with zero attached hydrogens (tertiary/aromatic N) is 3. The Hall–Kier alpha value is -2.98. The second-order valence-corrected chi connectivity index (χ2v) is 10.3. The summed E-state index contributed by atoms with van der Waals surface area (Å²) < 4.78 is 12.0. The predicted octanol–water partition coefficient (Wildman–Crippen LogP) is 4.42. The van der Waals surface area contributed by atoms with Gasteiger partial charge in [0, 0.05) is 43.1 Å². The van der Waals surface area contributed by atoms with E-state index in [1.165, 1.54) is 0 Å². The van der Waals surface area contributed by atoms with Gasteiger partial charge >= 0.3 is 0 Å². The molecule has 0 aliphatic rings. The molecule has 0 saturated carbocycles. The van der Waals surface area contributed by atoms with Gasteiger partial charge in [-0.15, -0.1) is 0 Å². The summed E-state index contributed by atoms with van der Waals surface area (Å²) in [6, 6.07) is 14.2. The molecule has 0 fully saturated rings. The SMILES string of the molecule is CN=Cc1cc(-c2cc(-c3ccccc3)c3c(N)c([S+](CCOC)OC)sc3n2)cnc1N. The molecule has 1 atom stereocenters. The summed E-state index contributed by atoms with van der Waals surface area (Å²) in [4.78, 5) is 14.3. The summed E-state index contributed by atoms with van der Waals surface area (Å²) >= 11 is 1.08. The monoisotopic (exact) mass is 480 g/mol. The second kappa shape index (κ2) is 10.3. The molecule has 0 aliphatic heterocycles. The van der Waals surface area contributed by atoms with Gasteiger partial charge < -0.3 is 16.2 Å². The van der Waals surface area contributed by atoms with Gasteiger partial charge in [0.15, 0.2) is 16.9 Å². The normalized spacial score (nSPS) is 12.6. The highest BCUT2D eigenvalue weighted by Crippen LogP contribution is 2.44. The standard InChI is InChI=1S/C24H26N5O2S2/c1-27-13-17-11-16(14-28-22(17)26)19-12-18(15-7-5-4-6-8-15)20-21(25)24(32-23(20)29-19)33(31-3)10-9-30-2/h4-8,11-14H,9-10,25H2,1-3H3,(H2,26,28)/q+1. The first kappa shape index (κ1) is 23.2. The number of anilines is 2. The molecule has 0 amide bonds. The largest absolute Gasteiger partial charge is 0.393 e. The van der Waals surface area contributed by atoms with E-state index in [2.05, 4.69) is 28.2 Å². The first-order valence-corrected chi connectivity index (χ1v) is 12.4. The molecule has 33 heavy (non-hydrogen) atoms. The maximum atomic E-state index is 6.71. The molecule has 0 radical (unpaired) electrons. The summed E-state index contributed by atoms with van der Waals surface area (Å²) in [7, 11) is 5.10. The highest BCUT2D eigenvalue weighted by Gasteiger charge is 2.32. The summed E-state index contributed by atoms with van der Waals surface area (Å²) in [5.74, 6) is 1.16. The van der Waals surface area contributed by atoms with E-state index in [-0.39, 0.29) is 0 Å². The van der Waals surface area contributed by atoms with Crippen LogP contribution < -0.4 is 11.5 Å². The summed E-state index contributed by atoms with van der Waals surface area (Å²) in [6.07, 6.45) is 3.44. The molecule has 3 heterocycles. The van der Waals surface area contributed by atoms with Gasteiger partial charge in [0.05, 0.1) is 19.4 Å². The van der Waals surface area contributed by atoms with Crippen molar-refractivity contribution in [2.24, 2.45) is 4.99 Å². The Labute approximate surface area is 200 Å². The van der Waals surface area contributed by atoms with E-state index < -0.39 is 11.2 Å². The maximum Gasteiger partial charge on any atom is 0.269 e. The van der Waals surface area contributed by atoms with Crippen LogP contribution in [0.5, 0.6) is 0 Å². The molecule has 1 aromatic carbocycles. The minimum absolute atomic E-state index is 0.429. The molecule has 9 heteroatoms. The van der Waals surface area contributed by atoms with Crippen LogP contribution in [0.2, 0.25) is 0 Å². The molecule has 4 aromatic rings. The van der Waals surface area contributed by atoms with Crippen molar-refractivity contribution in [2.75, 3.05) is 45.1 Å². The van der Waals surface area contributed by atoms with Gasteiger partial charge in [-0.05, 0) is 23.3 Å². The van der Waals surface area contributed by atoms with Crippen molar-refractivity contribution in [1.82, 2.24) is 9.97 Å². The van der Waals surface area contributed by atoms with Crippen LogP contribution in [0.3, 0.4) is 0 Å². The number of hydrogen-bond acceptors (Lipinski definition) is 8. The molecule has 4 rings (SSSR count). The molecular formula is C24H26N5O2S2+. The van der Waals surface area contributed by atoms with E-state index in [1.807, 2.05) is 24.3 Å². The van der Waals surface area contributed by atoms with Crippen LogP contribution in [0.4, 0.5) is 11.5 Å². The third-order valence-electron chi connectivity index (χ3n) is 5.14. The molecular weight excluding hydrogens is 454 g/mol. The number of benzene rings is 1. The maximum absolute atomic E-state index is 6.71. The lowest BCUT2D eigenvalue weighted by molar-refractivity contribution is 0.216. The van der Waals surface area contributed by atoms with Crippen molar-refractivity contribution in [1.29, 1.82) is 0 Å². The van der Waals surface area contributed by atoms with Crippen molar-refractivity contribution in [2.45, 2.75) is 4.21 Å². The molecule has 0 spiro atoms. The Morgan fingerprint density at radius 2 is 1.91 bits per heavy atom. The fourth-order valence-electron chi connectivity index (χ4n) is 3.55. The fraction of sp³-hybridized carbons (Fsp3) is 0.208. The third kappa shape index (κ3) is 4.72. The molecule has 0 saturated heterocycles. The number of rotatable bonds is 8. The zero-order valence-corrected chi connectivity index (χ0v) is 20.4. The molecule has 0 aliphatic carbocycles. The van der Waals surface area contributed by atoms with Crippen molar-refractivity contribution >= 4 is 50.4 Å². The van der Waals surface area contributed by atoms with Crippen molar-refractivity contribution in [3.8, 4) is 22.4 Å².